The Labute approximate surface area is 188 Å². The van der Waals surface area contributed by atoms with Crippen LogP contribution in [-0.4, -0.2) is 50.3 Å². The minimum Gasteiger partial charge on any atom is -0.396 e. The van der Waals surface area contributed by atoms with Crippen molar-refractivity contribution in [3.63, 3.8) is 0 Å². The van der Waals surface area contributed by atoms with Gasteiger partial charge in [0.1, 0.15) is 5.82 Å². The summed E-state index contributed by atoms with van der Waals surface area (Å²) in [7, 11) is 0. The van der Waals surface area contributed by atoms with E-state index in [1.165, 1.54) is 0 Å². The van der Waals surface area contributed by atoms with Gasteiger partial charge in [-0.2, -0.15) is 9.61 Å². The van der Waals surface area contributed by atoms with E-state index >= 15 is 0 Å². The van der Waals surface area contributed by atoms with Crippen molar-refractivity contribution in [2.24, 2.45) is 5.92 Å². The van der Waals surface area contributed by atoms with E-state index in [2.05, 4.69) is 10.00 Å². The normalized spacial score (nSPS) is 15.5. The third-order valence-corrected chi connectivity index (χ3v) is 6.31. The van der Waals surface area contributed by atoms with Crippen LogP contribution in [0.4, 0.5) is 5.82 Å². The zero-order valence-electron chi connectivity index (χ0n) is 19.1. The Hall–Kier alpha value is -2.77. The predicted octanol–water partition coefficient (Wildman–Crippen LogP) is 3.29. The van der Waals surface area contributed by atoms with E-state index < -0.39 is 5.60 Å². The standard InChI is InChI=1S/C25H32N4O3/c1-17-14-23-26-21(15-22(31)19-4-6-20(7-5-19)25(2,3)32)16-24(29(23)27-17)28-11-8-18(9-12-28)10-13-30/h4-7,14,16,18,30,32H,8-13,15H2,1-3H3. The van der Waals surface area contributed by atoms with Crippen LogP contribution in [0.5, 0.6) is 0 Å². The fourth-order valence-corrected chi connectivity index (χ4v) is 4.40. The zero-order chi connectivity index (χ0) is 22.9. The van der Waals surface area contributed by atoms with Crippen molar-refractivity contribution in [2.75, 3.05) is 24.6 Å². The van der Waals surface area contributed by atoms with E-state index in [1.807, 2.05) is 23.6 Å². The maximum atomic E-state index is 13.0. The van der Waals surface area contributed by atoms with Gasteiger partial charge in [0.2, 0.25) is 0 Å². The first-order valence-electron chi connectivity index (χ1n) is 11.3. The molecule has 1 aromatic carbocycles. The second-order valence-electron chi connectivity index (χ2n) is 9.34. The third kappa shape index (κ3) is 4.84. The largest absolute Gasteiger partial charge is 0.396 e. The molecule has 0 amide bonds. The maximum absolute atomic E-state index is 13.0. The van der Waals surface area contributed by atoms with E-state index in [1.54, 1.807) is 38.1 Å². The molecular formula is C25H32N4O3. The van der Waals surface area contributed by atoms with Crippen molar-refractivity contribution < 1.29 is 15.0 Å². The molecule has 0 spiro atoms. The van der Waals surface area contributed by atoms with Gasteiger partial charge < -0.3 is 15.1 Å². The third-order valence-electron chi connectivity index (χ3n) is 6.31. The van der Waals surface area contributed by atoms with Gasteiger partial charge in [0.05, 0.1) is 23.4 Å². The van der Waals surface area contributed by atoms with Gasteiger partial charge in [-0.15, -0.1) is 0 Å². The fraction of sp³-hybridized carbons (Fsp3) is 0.480. The van der Waals surface area contributed by atoms with Crippen LogP contribution in [0.15, 0.2) is 36.4 Å². The van der Waals surface area contributed by atoms with Crippen LogP contribution in [0.3, 0.4) is 0 Å². The Balaban J connectivity index is 1.57. The molecule has 1 fully saturated rings. The number of nitrogens with zero attached hydrogens (tertiary/aromatic N) is 4. The van der Waals surface area contributed by atoms with Crippen LogP contribution in [0.1, 0.15) is 60.4 Å². The lowest BCUT2D eigenvalue weighted by Gasteiger charge is -2.33. The highest BCUT2D eigenvalue weighted by Gasteiger charge is 2.23. The minimum atomic E-state index is -0.937. The molecule has 1 saturated heterocycles. The van der Waals surface area contributed by atoms with Crippen molar-refractivity contribution in [1.29, 1.82) is 0 Å². The minimum absolute atomic E-state index is 0.00649. The van der Waals surface area contributed by atoms with E-state index in [-0.39, 0.29) is 18.8 Å². The predicted molar refractivity (Wildman–Crippen MR) is 124 cm³/mol. The summed E-state index contributed by atoms with van der Waals surface area (Å²) in [5.74, 6) is 1.51. The van der Waals surface area contributed by atoms with Crippen LogP contribution in [0.2, 0.25) is 0 Å². The van der Waals surface area contributed by atoms with Gasteiger partial charge in [-0.3, -0.25) is 4.79 Å². The highest BCUT2D eigenvalue weighted by atomic mass is 16.3. The SMILES string of the molecule is Cc1cc2nc(CC(=O)c3ccc(C(C)(C)O)cc3)cc(N3CCC(CCO)CC3)n2n1. The Morgan fingerprint density at radius 2 is 1.84 bits per heavy atom. The summed E-state index contributed by atoms with van der Waals surface area (Å²) in [6, 6.07) is 11.1. The van der Waals surface area contributed by atoms with Gasteiger partial charge in [0.15, 0.2) is 11.4 Å². The van der Waals surface area contributed by atoms with Crippen LogP contribution in [0.25, 0.3) is 5.65 Å². The van der Waals surface area contributed by atoms with Crippen molar-refractivity contribution >= 4 is 17.2 Å². The number of piperidine rings is 1. The molecule has 4 rings (SSSR count). The van der Waals surface area contributed by atoms with E-state index in [4.69, 9.17) is 4.98 Å². The van der Waals surface area contributed by atoms with E-state index in [0.717, 1.165) is 60.8 Å². The Bertz CT molecular complexity index is 1090. The van der Waals surface area contributed by atoms with Crippen molar-refractivity contribution in [3.05, 3.63) is 58.9 Å². The second kappa shape index (κ2) is 9.00. The summed E-state index contributed by atoms with van der Waals surface area (Å²) >= 11 is 0. The number of fused-ring (bicyclic) bond motifs is 1. The maximum Gasteiger partial charge on any atom is 0.168 e. The number of carbonyl (C=O) groups is 1. The number of aryl methyl sites for hydroxylation is 1. The van der Waals surface area contributed by atoms with Gasteiger partial charge >= 0.3 is 0 Å². The first-order chi connectivity index (χ1) is 15.2. The quantitative estimate of drug-likeness (QED) is 0.553. The topological polar surface area (TPSA) is 91.0 Å². The number of aromatic nitrogens is 3. The molecule has 7 heteroatoms. The number of aliphatic hydroxyl groups is 2. The molecule has 1 aliphatic heterocycles. The van der Waals surface area contributed by atoms with Crippen LogP contribution in [0, 0.1) is 12.8 Å². The lowest BCUT2D eigenvalue weighted by atomic mass is 9.94. The molecule has 3 heterocycles. The lowest BCUT2D eigenvalue weighted by Crippen LogP contribution is -2.35. The number of benzene rings is 1. The smallest absolute Gasteiger partial charge is 0.168 e. The Morgan fingerprint density at radius 3 is 2.47 bits per heavy atom. The first kappa shape index (κ1) is 22.4. The van der Waals surface area contributed by atoms with Crippen LogP contribution < -0.4 is 4.90 Å². The number of carbonyl (C=O) groups excluding carboxylic acids is 1. The molecule has 1 aliphatic rings. The van der Waals surface area contributed by atoms with Gasteiger partial charge in [-0.05, 0) is 51.5 Å². The summed E-state index contributed by atoms with van der Waals surface area (Å²) in [5.41, 5.74) is 2.80. The summed E-state index contributed by atoms with van der Waals surface area (Å²) in [6.45, 7) is 7.44. The summed E-state index contributed by atoms with van der Waals surface area (Å²) in [5, 5.41) is 24.0. The number of hydrogen-bond acceptors (Lipinski definition) is 6. The molecule has 0 saturated carbocycles. The number of hydrogen-bond donors (Lipinski definition) is 2. The number of Topliss-reactive ketones (excluding diaryl/α,β-unsaturated/α-hetero) is 1. The van der Waals surface area contributed by atoms with E-state index in [9.17, 15) is 15.0 Å². The number of aliphatic hydroxyl groups excluding tert-OH is 1. The molecule has 2 aromatic heterocycles. The molecule has 32 heavy (non-hydrogen) atoms. The fourth-order valence-electron chi connectivity index (χ4n) is 4.40. The monoisotopic (exact) mass is 436 g/mol. The van der Waals surface area contributed by atoms with Crippen LogP contribution >= 0.6 is 0 Å². The van der Waals surface area contributed by atoms with Gasteiger partial charge in [-0.1, -0.05) is 24.3 Å². The highest BCUT2D eigenvalue weighted by Crippen LogP contribution is 2.27. The van der Waals surface area contributed by atoms with Crippen molar-refractivity contribution in [1.82, 2.24) is 14.6 Å². The second-order valence-corrected chi connectivity index (χ2v) is 9.34. The number of rotatable bonds is 7. The molecule has 170 valence electrons. The first-order valence-corrected chi connectivity index (χ1v) is 11.3. The molecular weight excluding hydrogens is 404 g/mol. The average molecular weight is 437 g/mol. The van der Waals surface area contributed by atoms with Gasteiger partial charge in [0, 0.05) is 37.4 Å². The van der Waals surface area contributed by atoms with Gasteiger partial charge in [0.25, 0.3) is 0 Å². The summed E-state index contributed by atoms with van der Waals surface area (Å²) in [6.07, 6.45) is 3.13. The average Bonchev–Trinajstić information content (AvgIpc) is 3.13. The molecule has 0 aliphatic carbocycles. The summed E-state index contributed by atoms with van der Waals surface area (Å²) < 4.78 is 1.87. The molecule has 7 nitrogen and oxygen atoms in total. The Morgan fingerprint density at radius 1 is 1.16 bits per heavy atom. The van der Waals surface area contributed by atoms with Crippen molar-refractivity contribution in [2.45, 2.75) is 52.1 Å². The molecule has 0 bridgehead atoms. The highest BCUT2D eigenvalue weighted by molar-refractivity contribution is 5.97. The van der Waals surface area contributed by atoms with E-state index in [0.29, 0.717) is 11.5 Å². The van der Waals surface area contributed by atoms with Gasteiger partial charge in [-0.25, -0.2) is 4.98 Å². The molecule has 0 radical (unpaired) electrons. The lowest BCUT2D eigenvalue weighted by molar-refractivity contribution is 0.0784. The van der Waals surface area contributed by atoms with Crippen LogP contribution in [-0.2, 0) is 12.0 Å². The summed E-state index contributed by atoms with van der Waals surface area (Å²) in [4.78, 5) is 20.0. The Kier molecular flexibility index (Phi) is 6.31. The molecule has 3 aromatic rings. The number of ketones is 1. The molecule has 0 atom stereocenters. The van der Waals surface area contributed by atoms with Crippen molar-refractivity contribution in [3.8, 4) is 0 Å². The molecule has 2 N–H and O–H groups in total. The number of anilines is 1. The zero-order valence-corrected chi connectivity index (χ0v) is 19.1. The molecule has 0 unspecified atom stereocenters.